The Hall–Kier alpha value is -1.93. The van der Waals surface area contributed by atoms with E-state index in [1.54, 1.807) is 13.2 Å². The summed E-state index contributed by atoms with van der Waals surface area (Å²) in [6.45, 7) is 4.97. The first-order valence-corrected chi connectivity index (χ1v) is 11.5. The van der Waals surface area contributed by atoms with Crippen LogP contribution in [0.2, 0.25) is 0 Å². The first-order valence-electron chi connectivity index (χ1n) is 11.5. The molecular formula is C23H36FN3O4. The van der Waals surface area contributed by atoms with Crippen LogP contribution in [-0.2, 0) is 9.47 Å². The van der Waals surface area contributed by atoms with Crippen molar-refractivity contribution in [2.24, 2.45) is 5.92 Å². The van der Waals surface area contributed by atoms with Gasteiger partial charge in [0.1, 0.15) is 11.4 Å². The lowest BCUT2D eigenvalue weighted by Gasteiger charge is -2.40. The van der Waals surface area contributed by atoms with Crippen LogP contribution in [0.1, 0.15) is 55.9 Å². The molecule has 2 aliphatic rings. The van der Waals surface area contributed by atoms with Gasteiger partial charge in [-0.05, 0) is 56.6 Å². The van der Waals surface area contributed by atoms with Crippen molar-refractivity contribution in [1.82, 2.24) is 10.3 Å². The van der Waals surface area contributed by atoms with E-state index in [0.717, 1.165) is 38.0 Å². The zero-order valence-corrected chi connectivity index (χ0v) is 18.8. The Balaban J connectivity index is 1.55. The first kappa shape index (κ1) is 23.7. The van der Waals surface area contributed by atoms with Gasteiger partial charge in [-0.2, -0.15) is 0 Å². The van der Waals surface area contributed by atoms with Crippen LogP contribution >= 0.6 is 0 Å². The van der Waals surface area contributed by atoms with Crippen molar-refractivity contribution in [2.75, 3.05) is 51.6 Å². The molecule has 1 aromatic heterocycles. The highest BCUT2D eigenvalue weighted by atomic mass is 19.1. The first-order chi connectivity index (χ1) is 15.1. The number of alkyl halides is 1. The van der Waals surface area contributed by atoms with Gasteiger partial charge in [-0.1, -0.05) is 6.92 Å². The maximum atomic E-state index is 12.8. The van der Waals surface area contributed by atoms with E-state index in [2.05, 4.69) is 15.2 Å². The molecule has 1 saturated heterocycles. The van der Waals surface area contributed by atoms with Gasteiger partial charge in [0, 0.05) is 39.5 Å². The van der Waals surface area contributed by atoms with E-state index in [1.165, 1.54) is 12.8 Å². The summed E-state index contributed by atoms with van der Waals surface area (Å²) in [5.41, 5.74) is 1.29. The summed E-state index contributed by atoms with van der Waals surface area (Å²) in [6, 6.07) is 3.74. The zero-order valence-electron chi connectivity index (χ0n) is 18.8. The molecule has 1 saturated carbocycles. The smallest absolute Gasteiger partial charge is 0.270 e. The van der Waals surface area contributed by atoms with Crippen LogP contribution in [-0.4, -0.2) is 69.7 Å². The van der Waals surface area contributed by atoms with E-state index < -0.39 is 0 Å². The summed E-state index contributed by atoms with van der Waals surface area (Å²) in [7, 11) is 1.72. The van der Waals surface area contributed by atoms with Gasteiger partial charge in [0.25, 0.3) is 5.91 Å². The van der Waals surface area contributed by atoms with Crippen LogP contribution < -0.4 is 15.0 Å². The van der Waals surface area contributed by atoms with Crippen molar-refractivity contribution in [3.05, 3.63) is 17.8 Å². The summed E-state index contributed by atoms with van der Waals surface area (Å²) >= 11 is 0. The second kappa shape index (κ2) is 12.2. The quantitative estimate of drug-likeness (QED) is 0.424. The van der Waals surface area contributed by atoms with E-state index in [1.807, 2.05) is 13.0 Å². The SMILES string of the molecule is CC[C@@H](CCCOCCCF)NC(=O)c1ccc(N2CC(OC)C2)c(OCC2CC2)n1. The molecule has 2 fully saturated rings. The topological polar surface area (TPSA) is 72.9 Å². The number of anilines is 1. The highest BCUT2D eigenvalue weighted by Gasteiger charge is 2.31. The highest BCUT2D eigenvalue weighted by molar-refractivity contribution is 5.93. The van der Waals surface area contributed by atoms with Gasteiger partial charge in [-0.3, -0.25) is 9.18 Å². The number of carbonyl (C=O) groups is 1. The fourth-order valence-corrected chi connectivity index (χ4v) is 3.50. The van der Waals surface area contributed by atoms with Crippen molar-refractivity contribution in [3.8, 4) is 5.88 Å². The number of nitrogens with one attached hydrogen (secondary N) is 1. The highest BCUT2D eigenvalue weighted by Crippen LogP contribution is 2.34. The minimum absolute atomic E-state index is 0.0485. The molecule has 1 N–H and O–H groups in total. The molecule has 0 unspecified atom stereocenters. The molecule has 1 amide bonds. The largest absolute Gasteiger partial charge is 0.476 e. The van der Waals surface area contributed by atoms with Crippen molar-refractivity contribution in [1.29, 1.82) is 0 Å². The summed E-state index contributed by atoms with van der Waals surface area (Å²) in [5, 5.41) is 3.08. The van der Waals surface area contributed by atoms with Crippen LogP contribution in [0.4, 0.5) is 10.1 Å². The average molecular weight is 438 g/mol. The van der Waals surface area contributed by atoms with Crippen molar-refractivity contribution in [2.45, 2.75) is 57.6 Å². The summed E-state index contributed by atoms with van der Waals surface area (Å²) < 4.78 is 28.9. The molecule has 1 aromatic rings. The van der Waals surface area contributed by atoms with Crippen molar-refractivity contribution in [3.63, 3.8) is 0 Å². The molecule has 0 spiro atoms. The van der Waals surface area contributed by atoms with E-state index in [4.69, 9.17) is 14.2 Å². The number of nitrogens with zero attached hydrogens (tertiary/aromatic N) is 2. The molecule has 8 heteroatoms. The lowest BCUT2D eigenvalue weighted by Crippen LogP contribution is -2.52. The second-order valence-corrected chi connectivity index (χ2v) is 8.41. The van der Waals surface area contributed by atoms with Crippen LogP contribution in [0.15, 0.2) is 12.1 Å². The number of rotatable bonds is 15. The Morgan fingerprint density at radius 2 is 2.06 bits per heavy atom. The molecule has 0 aromatic carbocycles. The van der Waals surface area contributed by atoms with E-state index in [0.29, 0.717) is 43.7 Å². The second-order valence-electron chi connectivity index (χ2n) is 8.41. The number of hydrogen-bond donors (Lipinski definition) is 1. The monoisotopic (exact) mass is 437 g/mol. The Labute approximate surface area is 184 Å². The predicted molar refractivity (Wildman–Crippen MR) is 118 cm³/mol. The molecule has 1 aliphatic heterocycles. The zero-order chi connectivity index (χ0) is 22.1. The lowest BCUT2D eigenvalue weighted by atomic mass is 10.1. The molecule has 3 rings (SSSR count). The fraction of sp³-hybridized carbons (Fsp3) is 0.739. The Morgan fingerprint density at radius 3 is 2.74 bits per heavy atom. The number of hydrogen-bond acceptors (Lipinski definition) is 6. The minimum Gasteiger partial charge on any atom is -0.476 e. The molecule has 31 heavy (non-hydrogen) atoms. The van der Waals surface area contributed by atoms with Gasteiger partial charge >= 0.3 is 0 Å². The third kappa shape index (κ3) is 7.31. The molecule has 1 aliphatic carbocycles. The molecule has 0 radical (unpaired) electrons. The Bertz CT molecular complexity index is 695. The normalized spacial score (nSPS) is 17.3. The Morgan fingerprint density at radius 1 is 1.29 bits per heavy atom. The average Bonchev–Trinajstić information content (AvgIpc) is 3.58. The van der Waals surface area contributed by atoms with E-state index >= 15 is 0 Å². The minimum atomic E-state index is -0.351. The number of methoxy groups -OCH3 is 1. The van der Waals surface area contributed by atoms with Gasteiger partial charge in [-0.15, -0.1) is 0 Å². The summed E-state index contributed by atoms with van der Waals surface area (Å²) in [5.74, 6) is 0.946. The molecule has 1 atom stereocenters. The van der Waals surface area contributed by atoms with Gasteiger partial charge < -0.3 is 24.4 Å². The van der Waals surface area contributed by atoms with E-state index in [-0.39, 0.29) is 24.7 Å². The maximum Gasteiger partial charge on any atom is 0.270 e. The fourth-order valence-electron chi connectivity index (χ4n) is 3.50. The maximum absolute atomic E-state index is 12.8. The van der Waals surface area contributed by atoms with Gasteiger partial charge in [0.2, 0.25) is 5.88 Å². The third-order valence-electron chi connectivity index (χ3n) is 5.84. The number of halogens is 1. The standard InChI is InChI=1S/C23H36FN3O4/c1-3-18(6-4-12-30-13-5-11-24)25-22(28)20-9-10-21(27-14-19(15-27)29-2)23(26-20)31-16-17-7-8-17/h9-10,17-19H,3-8,11-16H2,1-2H3,(H,25,28)/t18-/m0/s1. The van der Waals surface area contributed by atoms with Crippen LogP contribution in [0.25, 0.3) is 0 Å². The lowest BCUT2D eigenvalue weighted by molar-refractivity contribution is 0.0782. The van der Waals surface area contributed by atoms with Crippen LogP contribution in [0.3, 0.4) is 0 Å². The summed E-state index contributed by atoms with van der Waals surface area (Å²) in [4.78, 5) is 19.6. The van der Waals surface area contributed by atoms with E-state index in [9.17, 15) is 9.18 Å². The molecule has 2 heterocycles. The predicted octanol–water partition coefficient (Wildman–Crippen LogP) is 3.37. The van der Waals surface area contributed by atoms with Gasteiger partial charge in [0.05, 0.1) is 19.4 Å². The number of amides is 1. The van der Waals surface area contributed by atoms with Crippen LogP contribution in [0.5, 0.6) is 5.88 Å². The number of pyridine rings is 1. The number of carbonyl (C=O) groups excluding carboxylic acids is 1. The molecule has 7 nitrogen and oxygen atoms in total. The molecule has 174 valence electrons. The molecular weight excluding hydrogens is 401 g/mol. The van der Waals surface area contributed by atoms with Crippen molar-refractivity contribution < 1.29 is 23.4 Å². The van der Waals surface area contributed by atoms with Gasteiger partial charge in [0.15, 0.2) is 0 Å². The summed E-state index contributed by atoms with van der Waals surface area (Å²) in [6.07, 6.45) is 5.51. The number of aromatic nitrogens is 1. The Kier molecular flexibility index (Phi) is 9.33. The van der Waals surface area contributed by atoms with Crippen molar-refractivity contribution >= 4 is 11.6 Å². The van der Waals surface area contributed by atoms with Crippen LogP contribution in [0, 0.1) is 5.92 Å². The third-order valence-corrected chi connectivity index (χ3v) is 5.84. The molecule has 0 bridgehead atoms. The van der Waals surface area contributed by atoms with Gasteiger partial charge in [-0.25, -0.2) is 4.98 Å². The number of ether oxygens (including phenoxy) is 3.